The lowest BCUT2D eigenvalue weighted by Crippen LogP contribution is -2.30. The van der Waals surface area contributed by atoms with Gasteiger partial charge in [0.25, 0.3) is 0 Å². The van der Waals surface area contributed by atoms with Crippen LogP contribution in [0.4, 0.5) is 0 Å². The topological polar surface area (TPSA) is 58.6 Å². The second-order valence-corrected chi connectivity index (χ2v) is 3.24. The van der Waals surface area contributed by atoms with Crippen LogP contribution < -0.4 is 5.32 Å². The van der Waals surface area contributed by atoms with E-state index < -0.39 is 6.10 Å². The highest BCUT2D eigenvalue weighted by atomic mass is 16.5. The largest absolute Gasteiger partial charge is 0.392 e. The summed E-state index contributed by atoms with van der Waals surface area (Å²) in [6, 6.07) is 0. The summed E-state index contributed by atoms with van der Waals surface area (Å²) in [6.45, 7) is 3.88. The van der Waals surface area contributed by atoms with Gasteiger partial charge in [0.15, 0.2) is 0 Å². The Kier molecular flexibility index (Phi) is 6.54. The van der Waals surface area contributed by atoms with Gasteiger partial charge in [0.05, 0.1) is 12.2 Å². The lowest BCUT2D eigenvalue weighted by molar-refractivity contribution is -0.122. The van der Waals surface area contributed by atoms with Gasteiger partial charge in [0, 0.05) is 20.1 Å². The maximum atomic E-state index is 11.1. The molecule has 0 radical (unpaired) electrons. The molecule has 0 aliphatic heterocycles. The average molecular weight is 189 g/mol. The Morgan fingerprint density at radius 3 is 2.62 bits per heavy atom. The smallest absolute Gasteiger partial charge is 0.220 e. The van der Waals surface area contributed by atoms with Crippen molar-refractivity contribution in [2.75, 3.05) is 13.7 Å². The summed E-state index contributed by atoms with van der Waals surface area (Å²) in [7, 11) is 1.62. The van der Waals surface area contributed by atoms with Gasteiger partial charge in [-0.25, -0.2) is 0 Å². The molecule has 0 rings (SSSR count). The molecule has 78 valence electrons. The summed E-state index contributed by atoms with van der Waals surface area (Å²) < 4.78 is 5.00. The Bertz CT molecular complexity index is 148. The molecule has 2 unspecified atom stereocenters. The molecule has 0 fully saturated rings. The van der Waals surface area contributed by atoms with Crippen LogP contribution in [0.5, 0.6) is 0 Å². The van der Waals surface area contributed by atoms with Crippen molar-refractivity contribution in [1.29, 1.82) is 0 Å². The normalized spacial score (nSPS) is 15.1. The Morgan fingerprint density at radius 2 is 2.15 bits per heavy atom. The summed E-state index contributed by atoms with van der Waals surface area (Å²) in [4.78, 5) is 11.1. The highest BCUT2D eigenvalue weighted by molar-refractivity contribution is 5.75. The SMILES string of the molecule is COC(C)CCC(=O)NCC(C)O. The predicted octanol–water partition coefficient (Wildman–Crippen LogP) is 0.299. The van der Waals surface area contributed by atoms with Crippen LogP contribution >= 0.6 is 0 Å². The van der Waals surface area contributed by atoms with Crippen molar-refractivity contribution < 1.29 is 14.6 Å². The van der Waals surface area contributed by atoms with E-state index in [1.54, 1.807) is 14.0 Å². The molecule has 2 N–H and O–H groups in total. The number of methoxy groups -OCH3 is 1. The maximum absolute atomic E-state index is 11.1. The fourth-order valence-electron chi connectivity index (χ4n) is 0.802. The molecule has 13 heavy (non-hydrogen) atoms. The first-order valence-electron chi connectivity index (χ1n) is 4.53. The molecule has 1 amide bonds. The van der Waals surface area contributed by atoms with Gasteiger partial charge in [-0.1, -0.05) is 0 Å². The third-order valence-electron chi connectivity index (χ3n) is 1.77. The number of carbonyl (C=O) groups is 1. The zero-order valence-electron chi connectivity index (χ0n) is 8.54. The van der Waals surface area contributed by atoms with E-state index in [1.807, 2.05) is 6.92 Å². The predicted molar refractivity (Wildman–Crippen MR) is 50.4 cm³/mol. The van der Waals surface area contributed by atoms with Crippen molar-refractivity contribution in [1.82, 2.24) is 5.32 Å². The molecule has 4 heteroatoms. The van der Waals surface area contributed by atoms with Crippen molar-refractivity contribution >= 4 is 5.91 Å². The molecule has 0 heterocycles. The molecule has 2 atom stereocenters. The van der Waals surface area contributed by atoms with Gasteiger partial charge in [-0.05, 0) is 20.3 Å². The van der Waals surface area contributed by atoms with Crippen molar-refractivity contribution in [3.05, 3.63) is 0 Å². The van der Waals surface area contributed by atoms with Gasteiger partial charge >= 0.3 is 0 Å². The molecule has 0 aliphatic carbocycles. The van der Waals surface area contributed by atoms with Gasteiger partial charge in [-0.2, -0.15) is 0 Å². The van der Waals surface area contributed by atoms with E-state index in [0.717, 1.165) is 0 Å². The fourth-order valence-corrected chi connectivity index (χ4v) is 0.802. The van der Waals surface area contributed by atoms with E-state index in [1.165, 1.54) is 0 Å². The zero-order valence-corrected chi connectivity index (χ0v) is 8.54. The molecular formula is C9H19NO3. The summed E-state index contributed by atoms with van der Waals surface area (Å²) in [6.07, 6.45) is 0.783. The molecule has 0 bridgehead atoms. The van der Waals surface area contributed by atoms with E-state index in [-0.39, 0.29) is 12.0 Å². The molecule has 0 aliphatic rings. The molecule has 0 aromatic carbocycles. The lowest BCUT2D eigenvalue weighted by Gasteiger charge is -2.10. The number of aliphatic hydroxyl groups is 1. The molecule has 0 spiro atoms. The van der Waals surface area contributed by atoms with Crippen LogP contribution in [0.2, 0.25) is 0 Å². The van der Waals surface area contributed by atoms with Crippen LogP contribution in [-0.2, 0) is 9.53 Å². The van der Waals surface area contributed by atoms with Crippen molar-refractivity contribution in [2.24, 2.45) is 0 Å². The number of nitrogens with one attached hydrogen (secondary N) is 1. The zero-order chi connectivity index (χ0) is 10.3. The number of aliphatic hydroxyl groups excluding tert-OH is 1. The van der Waals surface area contributed by atoms with E-state index in [4.69, 9.17) is 9.84 Å². The van der Waals surface area contributed by atoms with E-state index >= 15 is 0 Å². The molecular weight excluding hydrogens is 170 g/mol. The third kappa shape index (κ3) is 7.74. The summed E-state index contributed by atoms with van der Waals surface area (Å²) in [5.41, 5.74) is 0. The van der Waals surface area contributed by atoms with Gasteiger partial charge in [0.2, 0.25) is 5.91 Å². The van der Waals surface area contributed by atoms with Crippen LogP contribution in [0.25, 0.3) is 0 Å². The molecule has 0 aromatic rings. The molecule has 0 aromatic heterocycles. The van der Waals surface area contributed by atoms with Crippen LogP contribution in [0.1, 0.15) is 26.7 Å². The van der Waals surface area contributed by atoms with E-state index in [0.29, 0.717) is 19.4 Å². The first kappa shape index (κ1) is 12.4. The average Bonchev–Trinajstić information content (AvgIpc) is 2.10. The van der Waals surface area contributed by atoms with Gasteiger partial charge in [0.1, 0.15) is 0 Å². The van der Waals surface area contributed by atoms with Gasteiger partial charge < -0.3 is 15.2 Å². The fraction of sp³-hybridized carbons (Fsp3) is 0.889. The number of rotatable bonds is 6. The summed E-state index contributed by atoms with van der Waals surface area (Å²) in [5.74, 6) is -0.0372. The highest BCUT2D eigenvalue weighted by Gasteiger charge is 2.05. The van der Waals surface area contributed by atoms with Gasteiger partial charge in [-0.15, -0.1) is 0 Å². The number of ether oxygens (including phenoxy) is 1. The van der Waals surface area contributed by atoms with Crippen LogP contribution in [0.15, 0.2) is 0 Å². The Morgan fingerprint density at radius 1 is 1.54 bits per heavy atom. The molecule has 0 saturated carbocycles. The summed E-state index contributed by atoms with van der Waals surface area (Å²) >= 11 is 0. The number of hydrogen-bond acceptors (Lipinski definition) is 3. The van der Waals surface area contributed by atoms with Gasteiger partial charge in [-0.3, -0.25) is 4.79 Å². The number of amides is 1. The number of carbonyl (C=O) groups excluding carboxylic acids is 1. The molecule has 0 saturated heterocycles. The third-order valence-corrected chi connectivity index (χ3v) is 1.77. The van der Waals surface area contributed by atoms with E-state index in [2.05, 4.69) is 5.32 Å². The second kappa shape index (κ2) is 6.86. The lowest BCUT2D eigenvalue weighted by atomic mass is 10.2. The van der Waals surface area contributed by atoms with Crippen LogP contribution in [-0.4, -0.2) is 36.9 Å². The highest BCUT2D eigenvalue weighted by Crippen LogP contribution is 1.99. The summed E-state index contributed by atoms with van der Waals surface area (Å²) in [5, 5.41) is 11.5. The monoisotopic (exact) mass is 189 g/mol. The number of hydrogen-bond donors (Lipinski definition) is 2. The maximum Gasteiger partial charge on any atom is 0.220 e. The Hall–Kier alpha value is -0.610. The second-order valence-electron chi connectivity index (χ2n) is 3.24. The standard InChI is InChI=1S/C9H19NO3/c1-7(11)6-10-9(12)5-4-8(2)13-3/h7-8,11H,4-6H2,1-3H3,(H,10,12). The minimum Gasteiger partial charge on any atom is -0.392 e. The van der Waals surface area contributed by atoms with Crippen molar-refractivity contribution in [3.63, 3.8) is 0 Å². The quantitative estimate of drug-likeness (QED) is 0.631. The van der Waals surface area contributed by atoms with Crippen LogP contribution in [0, 0.1) is 0 Å². The van der Waals surface area contributed by atoms with Crippen LogP contribution in [0.3, 0.4) is 0 Å². The first-order chi connectivity index (χ1) is 6.06. The molecule has 4 nitrogen and oxygen atoms in total. The van der Waals surface area contributed by atoms with Crippen molar-refractivity contribution in [2.45, 2.75) is 38.9 Å². The first-order valence-corrected chi connectivity index (χ1v) is 4.53. The van der Waals surface area contributed by atoms with Crippen molar-refractivity contribution in [3.8, 4) is 0 Å². The minimum absolute atomic E-state index is 0.0372. The Balaban J connectivity index is 3.40. The van der Waals surface area contributed by atoms with E-state index in [9.17, 15) is 4.79 Å². The minimum atomic E-state index is -0.483. The Labute approximate surface area is 79.3 Å².